The number of dihydropyridines is 1. The van der Waals surface area contributed by atoms with E-state index in [-0.39, 0.29) is 0 Å². The standard InChI is InChI=1S/C22H26N3/c1-24(2)20-9-5-17(6-10-20)22(19-13-15-23-16-14-19)18-7-11-21(12-8-18)25(3)4/h5-15,23H,16H2,1-4H3/q+1. The molecule has 1 N–H and O–H groups in total. The number of rotatable bonds is 3. The van der Waals surface area contributed by atoms with Crippen molar-refractivity contribution in [3.05, 3.63) is 83.6 Å². The summed E-state index contributed by atoms with van der Waals surface area (Å²) in [5, 5.41) is 3.24. The van der Waals surface area contributed by atoms with Crippen LogP contribution in [0.5, 0.6) is 0 Å². The Kier molecular flexibility index (Phi) is 5.03. The SMILES string of the molecule is CN(C)c1ccc(C(C2=CCNC=C2)=C2C=CC(=[N+](C)C)C=C2)cc1. The summed E-state index contributed by atoms with van der Waals surface area (Å²) in [6.07, 6.45) is 15.2. The van der Waals surface area contributed by atoms with E-state index in [0.29, 0.717) is 0 Å². The van der Waals surface area contributed by atoms with Gasteiger partial charge in [-0.05, 0) is 58.8 Å². The Labute approximate surface area is 150 Å². The van der Waals surface area contributed by atoms with E-state index in [1.165, 1.54) is 33.7 Å². The number of benzene rings is 1. The summed E-state index contributed by atoms with van der Waals surface area (Å²) in [4.78, 5) is 2.12. The molecular formula is C22H26N3+. The van der Waals surface area contributed by atoms with Gasteiger partial charge in [0.15, 0.2) is 5.71 Å². The van der Waals surface area contributed by atoms with E-state index in [4.69, 9.17) is 0 Å². The molecule has 0 spiro atoms. The second-order valence-corrected chi connectivity index (χ2v) is 6.66. The van der Waals surface area contributed by atoms with Gasteiger partial charge < -0.3 is 10.2 Å². The Balaban J connectivity index is 2.09. The van der Waals surface area contributed by atoms with Crippen LogP contribution in [-0.4, -0.2) is 45.0 Å². The van der Waals surface area contributed by atoms with Crippen LogP contribution in [0.3, 0.4) is 0 Å². The second-order valence-electron chi connectivity index (χ2n) is 6.66. The van der Waals surface area contributed by atoms with Gasteiger partial charge in [0.25, 0.3) is 0 Å². The maximum absolute atomic E-state index is 3.24. The van der Waals surface area contributed by atoms with Crippen molar-refractivity contribution in [2.45, 2.75) is 0 Å². The van der Waals surface area contributed by atoms with Gasteiger partial charge in [-0.25, -0.2) is 4.58 Å². The zero-order valence-corrected chi connectivity index (χ0v) is 15.5. The lowest BCUT2D eigenvalue weighted by atomic mass is 9.89. The van der Waals surface area contributed by atoms with E-state index in [1.54, 1.807) is 0 Å². The zero-order valence-electron chi connectivity index (χ0n) is 15.5. The molecule has 0 amide bonds. The Morgan fingerprint density at radius 3 is 2.16 bits per heavy atom. The summed E-state index contributed by atoms with van der Waals surface area (Å²) in [7, 11) is 8.27. The molecule has 1 aromatic rings. The average molecular weight is 332 g/mol. The molecular weight excluding hydrogens is 306 g/mol. The number of hydrogen-bond acceptors (Lipinski definition) is 2. The maximum atomic E-state index is 3.24. The molecule has 3 rings (SSSR count). The van der Waals surface area contributed by atoms with Crippen LogP contribution >= 0.6 is 0 Å². The molecule has 25 heavy (non-hydrogen) atoms. The molecule has 0 bridgehead atoms. The molecule has 0 unspecified atom stereocenters. The van der Waals surface area contributed by atoms with Crippen molar-refractivity contribution in [3.8, 4) is 0 Å². The van der Waals surface area contributed by atoms with Gasteiger partial charge in [-0.15, -0.1) is 0 Å². The van der Waals surface area contributed by atoms with Crippen molar-refractivity contribution in [1.29, 1.82) is 0 Å². The molecule has 1 aliphatic heterocycles. The van der Waals surface area contributed by atoms with Crippen LogP contribution in [0.2, 0.25) is 0 Å². The van der Waals surface area contributed by atoms with Gasteiger partial charge in [0.05, 0.1) is 0 Å². The number of hydrogen-bond donors (Lipinski definition) is 1. The maximum Gasteiger partial charge on any atom is 0.199 e. The van der Waals surface area contributed by atoms with Crippen molar-refractivity contribution in [1.82, 2.24) is 5.32 Å². The van der Waals surface area contributed by atoms with Crippen LogP contribution in [0.4, 0.5) is 5.69 Å². The van der Waals surface area contributed by atoms with Crippen LogP contribution in [0.1, 0.15) is 5.56 Å². The Bertz CT molecular complexity index is 807. The van der Waals surface area contributed by atoms with Crippen molar-refractivity contribution in [2.75, 3.05) is 39.6 Å². The van der Waals surface area contributed by atoms with Crippen molar-refractivity contribution in [3.63, 3.8) is 0 Å². The average Bonchev–Trinajstić information content (AvgIpc) is 2.64. The quantitative estimate of drug-likeness (QED) is 0.855. The van der Waals surface area contributed by atoms with E-state index in [2.05, 4.69) is 104 Å². The predicted octanol–water partition coefficient (Wildman–Crippen LogP) is 3.39. The van der Waals surface area contributed by atoms with Gasteiger partial charge in [-0.3, -0.25) is 0 Å². The van der Waals surface area contributed by atoms with Crippen LogP contribution in [0.15, 0.2) is 78.1 Å². The summed E-state index contributed by atoms with van der Waals surface area (Å²) in [5.41, 5.74) is 7.42. The van der Waals surface area contributed by atoms with Crippen molar-refractivity contribution >= 4 is 17.0 Å². The van der Waals surface area contributed by atoms with Crippen LogP contribution < -0.4 is 10.2 Å². The molecule has 2 aliphatic rings. The van der Waals surface area contributed by atoms with E-state index < -0.39 is 0 Å². The first-order valence-electron chi connectivity index (χ1n) is 8.59. The van der Waals surface area contributed by atoms with Gasteiger partial charge in [-0.2, -0.15) is 0 Å². The molecule has 3 nitrogen and oxygen atoms in total. The summed E-state index contributed by atoms with van der Waals surface area (Å²) >= 11 is 0. The van der Waals surface area contributed by atoms with Crippen LogP contribution in [-0.2, 0) is 0 Å². The molecule has 3 heteroatoms. The molecule has 0 atom stereocenters. The molecule has 1 heterocycles. The smallest absolute Gasteiger partial charge is 0.199 e. The largest absolute Gasteiger partial charge is 0.387 e. The van der Waals surface area contributed by atoms with Gasteiger partial charge in [0.2, 0.25) is 0 Å². The summed E-state index contributed by atoms with van der Waals surface area (Å²) in [5.74, 6) is 0. The lowest BCUT2D eigenvalue weighted by Crippen LogP contribution is -2.12. The third-order valence-electron chi connectivity index (χ3n) is 4.45. The fraction of sp³-hybridized carbons (Fsp3) is 0.227. The fourth-order valence-corrected chi connectivity index (χ4v) is 2.99. The lowest BCUT2D eigenvalue weighted by molar-refractivity contribution is -0.462. The Morgan fingerprint density at radius 2 is 1.64 bits per heavy atom. The molecule has 0 fully saturated rings. The molecule has 1 aliphatic carbocycles. The Morgan fingerprint density at radius 1 is 0.960 bits per heavy atom. The highest BCUT2D eigenvalue weighted by molar-refractivity contribution is 6.04. The minimum Gasteiger partial charge on any atom is -0.387 e. The lowest BCUT2D eigenvalue weighted by Gasteiger charge is -2.18. The first kappa shape index (κ1) is 17.0. The predicted molar refractivity (Wildman–Crippen MR) is 108 cm³/mol. The summed E-state index contributed by atoms with van der Waals surface area (Å²) in [6, 6.07) is 8.77. The monoisotopic (exact) mass is 332 g/mol. The van der Waals surface area contributed by atoms with Gasteiger partial charge in [0, 0.05) is 38.5 Å². The number of allylic oxidation sites excluding steroid dienone is 8. The Hall–Kier alpha value is -2.81. The van der Waals surface area contributed by atoms with Gasteiger partial charge in [0.1, 0.15) is 14.1 Å². The second kappa shape index (κ2) is 7.39. The van der Waals surface area contributed by atoms with Gasteiger partial charge >= 0.3 is 0 Å². The minimum absolute atomic E-state index is 0.862. The fourth-order valence-electron chi connectivity index (χ4n) is 2.99. The van der Waals surface area contributed by atoms with Crippen LogP contribution in [0.25, 0.3) is 5.57 Å². The van der Waals surface area contributed by atoms with Gasteiger partial charge in [-0.1, -0.05) is 18.2 Å². The molecule has 128 valence electrons. The summed E-state index contributed by atoms with van der Waals surface area (Å²) in [6.45, 7) is 0.862. The minimum atomic E-state index is 0.862. The molecule has 1 aromatic carbocycles. The van der Waals surface area contributed by atoms with E-state index in [0.717, 1.165) is 6.54 Å². The number of nitrogens with one attached hydrogen (secondary N) is 1. The van der Waals surface area contributed by atoms with E-state index >= 15 is 0 Å². The molecule has 0 aromatic heterocycles. The zero-order chi connectivity index (χ0) is 17.8. The number of anilines is 1. The highest BCUT2D eigenvalue weighted by atomic mass is 15.1. The van der Waals surface area contributed by atoms with E-state index in [1.807, 2.05) is 6.20 Å². The van der Waals surface area contributed by atoms with Crippen LogP contribution in [0, 0.1) is 0 Å². The molecule has 0 saturated heterocycles. The topological polar surface area (TPSA) is 18.3 Å². The highest BCUT2D eigenvalue weighted by Gasteiger charge is 2.14. The normalized spacial score (nSPS) is 15.8. The molecule has 0 radical (unpaired) electrons. The third kappa shape index (κ3) is 3.82. The summed E-state index contributed by atoms with van der Waals surface area (Å²) < 4.78 is 2.12. The van der Waals surface area contributed by atoms with Crippen molar-refractivity contribution in [2.24, 2.45) is 0 Å². The third-order valence-corrected chi connectivity index (χ3v) is 4.45. The highest BCUT2D eigenvalue weighted by Crippen LogP contribution is 2.31. The van der Waals surface area contributed by atoms with E-state index in [9.17, 15) is 0 Å². The van der Waals surface area contributed by atoms with Crippen molar-refractivity contribution < 1.29 is 4.58 Å². The first-order chi connectivity index (χ1) is 12.1. The molecule has 0 saturated carbocycles. The first-order valence-corrected chi connectivity index (χ1v) is 8.59. The number of nitrogens with zero attached hydrogens (tertiary/aromatic N) is 2.